The van der Waals surface area contributed by atoms with Crippen LogP contribution in [-0.2, 0) is 25.5 Å². The molecule has 1 amide bonds. The Kier molecular flexibility index (Phi) is 8.00. The van der Waals surface area contributed by atoms with E-state index in [1.165, 1.54) is 12.5 Å². The van der Waals surface area contributed by atoms with Gasteiger partial charge in [0.05, 0.1) is 13.2 Å². The largest absolute Gasteiger partial charge is 0.456 e. The highest BCUT2D eigenvalue weighted by molar-refractivity contribution is 5.80. The second-order valence-electron chi connectivity index (χ2n) is 7.91. The first kappa shape index (κ1) is 21.7. The zero-order valence-electron chi connectivity index (χ0n) is 17.0. The van der Waals surface area contributed by atoms with E-state index >= 15 is 0 Å². The van der Waals surface area contributed by atoms with Gasteiger partial charge in [-0.2, -0.15) is 0 Å². The second kappa shape index (κ2) is 10.7. The lowest BCUT2D eigenvalue weighted by atomic mass is 9.79. The average Bonchev–Trinajstić information content (AvgIpc) is 2.77. The fraction of sp³-hybridized carbons (Fsp3) is 0.636. The summed E-state index contributed by atoms with van der Waals surface area (Å²) in [5.41, 5.74) is 0.450. The van der Waals surface area contributed by atoms with Crippen molar-refractivity contribution in [1.29, 1.82) is 0 Å². The number of benzene rings is 1. The molecule has 0 aromatic heterocycles. The quantitative estimate of drug-likeness (QED) is 0.672. The maximum absolute atomic E-state index is 13.6. The van der Waals surface area contributed by atoms with Gasteiger partial charge in [-0.3, -0.25) is 14.5 Å². The highest BCUT2D eigenvalue weighted by Gasteiger charge is 2.38. The molecule has 1 saturated carbocycles. The third-order valence-electron chi connectivity index (χ3n) is 6.00. The Bertz CT molecular complexity index is 685. The molecule has 1 N–H and O–H groups in total. The van der Waals surface area contributed by atoms with Crippen LogP contribution in [0.15, 0.2) is 24.3 Å². The SMILES string of the molecule is O=C(COC(=O)CCc1ccccc1F)NCC1(N2CCOCC2)CCCCC1. The summed E-state index contributed by atoms with van der Waals surface area (Å²) in [5.74, 6) is -1.12. The van der Waals surface area contributed by atoms with Crippen molar-refractivity contribution in [2.24, 2.45) is 0 Å². The number of ether oxygens (including phenoxy) is 2. The van der Waals surface area contributed by atoms with Crippen LogP contribution in [0.3, 0.4) is 0 Å². The first-order valence-electron chi connectivity index (χ1n) is 10.6. The predicted molar refractivity (Wildman–Crippen MR) is 107 cm³/mol. The number of carbonyl (C=O) groups excluding carboxylic acids is 2. The van der Waals surface area contributed by atoms with E-state index in [0.717, 1.165) is 52.0 Å². The number of nitrogens with one attached hydrogen (secondary N) is 1. The number of amides is 1. The molecule has 0 atom stereocenters. The first-order valence-corrected chi connectivity index (χ1v) is 10.6. The molecule has 1 aromatic rings. The lowest BCUT2D eigenvalue weighted by Gasteiger charge is -2.48. The van der Waals surface area contributed by atoms with Gasteiger partial charge in [0.2, 0.25) is 0 Å². The van der Waals surface area contributed by atoms with Gasteiger partial charge in [0.15, 0.2) is 6.61 Å². The van der Waals surface area contributed by atoms with E-state index in [1.54, 1.807) is 18.2 Å². The molecule has 2 aliphatic rings. The van der Waals surface area contributed by atoms with Crippen molar-refractivity contribution in [1.82, 2.24) is 10.2 Å². The molecule has 0 spiro atoms. The van der Waals surface area contributed by atoms with Crippen LogP contribution in [0.25, 0.3) is 0 Å². The van der Waals surface area contributed by atoms with E-state index in [1.807, 2.05) is 0 Å². The summed E-state index contributed by atoms with van der Waals surface area (Å²) >= 11 is 0. The molecule has 1 aliphatic heterocycles. The van der Waals surface area contributed by atoms with Crippen molar-refractivity contribution >= 4 is 11.9 Å². The third kappa shape index (κ3) is 6.24. The first-order chi connectivity index (χ1) is 14.1. The van der Waals surface area contributed by atoms with Gasteiger partial charge in [-0.1, -0.05) is 37.5 Å². The van der Waals surface area contributed by atoms with Gasteiger partial charge in [0.1, 0.15) is 5.82 Å². The summed E-state index contributed by atoms with van der Waals surface area (Å²) in [6.07, 6.45) is 6.00. The Morgan fingerprint density at radius 1 is 1.14 bits per heavy atom. The number of morpholine rings is 1. The van der Waals surface area contributed by atoms with Gasteiger partial charge in [0, 0.05) is 31.6 Å². The van der Waals surface area contributed by atoms with Crippen LogP contribution in [0.4, 0.5) is 4.39 Å². The van der Waals surface area contributed by atoms with Gasteiger partial charge in [0.25, 0.3) is 5.91 Å². The number of aryl methyl sites for hydroxylation is 1. The van der Waals surface area contributed by atoms with Crippen LogP contribution >= 0.6 is 0 Å². The Morgan fingerprint density at radius 2 is 1.86 bits per heavy atom. The topological polar surface area (TPSA) is 67.9 Å². The third-order valence-corrected chi connectivity index (χ3v) is 6.00. The van der Waals surface area contributed by atoms with E-state index in [9.17, 15) is 14.0 Å². The molecule has 2 fully saturated rings. The maximum Gasteiger partial charge on any atom is 0.306 e. The standard InChI is InChI=1S/C22H31FN2O4/c23-19-7-3-2-6-18(19)8-9-21(27)29-16-20(26)24-17-22(10-4-1-5-11-22)25-12-14-28-15-13-25/h2-3,6-7H,1,4-5,8-17H2,(H,24,26). The zero-order valence-corrected chi connectivity index (χ0v) is 17.0. The van der Waals surface area contributed by atoms with Crippen LogP contribution < -0.4 is 5.32 Å². The molecule has 6 nitrogen and oxygen atoms in total. The Labute approximate surface area is 171 Å². The molecule has 3 rings (SSSR count). The summed E-state index contributed by atoms with van der Waals surface area (Å²) in [6, 6.07) is 6.35. The minimum Gasteiger partial charge on any atom is -0.456 e. The van der Waals surface area contributed by atoms with Crippen LogP contribution in [-0.4, -0.2) is 61.8 Å². The molecule has 29 heavy (non-hydrogen) atoms. The number of hydrogen-bond acceptors (Lipinski definition) is 5. The molecule has 0 radical (unpaired) electrons. The predicted octanol–water partition coefficient (Wildman–Crippen LogP) is 2.45. The number of carbonyl (C=O) groups is 2. The number of halogens is 1. The van der Waals surface area contributed by atoms with Crippen molar-refractivity contribution in [3.63, 3.8) is 0 Å². The van der Waals surface area contributed by atoms with Gasteiger partial charge < -0.3 is 14.8 Å². The van der Waals surface area contributed by atoms with Crippen molar-refractivity contribution in [2.45, 2.75) is 50.5 Å². The number of hydrogen-bond donors (Lipinski definition) is 1. The summed E-state index contributed by atoms with van der Waals surface area (Å²) < 4.78 is 24.1. The smallest absolute Gasteiger partial charge is 0.306 e. The minimum atomic E-state index is -0.496. The van der Waals surface area contributed by atoms with Gasteiger partial charge in [-0.05, 0) is 30.9 Å². The fourth-order valence-electron chi connectivity index (χ4n) is 4.32. The minimum absolute atomic E-state index is 0.0213. The molecule has 0 unspecified atom stereocenters. The summed E-state index contributed by atoms with van der Waals surface area (Å²) in [4.78, 5) is 26.6. The van der Waals surface area contributed by atoms with E-state index < -0.39 is 5.97 Å². The van der Waals surface area contributed by atoms with Crippen LogP contribution in [0.1, 0.15) is 44.1 Å². The van der Waals surface area contributed by atoms with Gasteiger partial charge in [-0.15, -0.1) is 0 Å². The molecule has 0 bridgehead atoms. The molecular formula is C22H31FN2O4. The molecule has 1 aliphatic carbocycles. The van der Waals surface area contributed by atoms with Gasteiger partial charge >= 0.3 is 5.97 Å². The molecule has 160 valence electrons. The number of rotatable bonds is 8. The van der Waals surface area contributed by atoms with Crippen LogP contribution in [0.5, 0.6) is 0 Å². The lowest BCUT2D eigenvalue weighted by molar-refractivity contribution is -0.148. The Balaban J connectivity index is 1.42. The second-order valence-corrected chi connectivity index (χ2v) is 7.91. The monoisotopic (exact) mass is 406 g/mol. The molecular weight excluding hydrogens is 375 g/mol. The normalized spacial score (nSPS) is 19.5. The number of nitrogens with zero attached hydrogens (tertiary/aromatic N) is 1. The van der Waals surface area contributed by atoms with E-state index in [4.69, 9.17) is 9.47 Å². The van der Waals surface area contributed by atoms with Crippen molar-refractivity contribution in [3.8, 4) is 0 Å². The molecule has 1 aromatic carbocycles. The highest BCUT2D eigenvalue weighted by Crippen LogP contribution is 2.33. The summed E-state index contributed by atoms with van der Waals surface area (Å²) in [6.45, 7) is 3.51. The van der Waals surface area contributed by atoms with Crippen molar-refractivity contribution < 1.29 is 23.5 Å². The van der Waals surface area contributed by atoms with Crippen molar-refractivity contribution in [3.05, 3.63) is 35.6 Å². The zero-order chi connectivity index (χ0) is 20.5. The van der Waals surface area contributed by atoms with Crippen LogP contribution in [0, 0.1) is 5.82 Å². The Morgan fingerprint density at radius 3 is 2.59 bits per heavy atom. The average molecular weight is 406 g/mol. The van der Waals surface area contributed by atoms with E-state index in [-0.39, 0.29) is 36.7 Å². The lowest BCUT2D eigenvalue weighted by Crippen LogP contribution is -2.59. The van der Waals surface area contributed by atoms with E-state index in [2.05, 4.69) is 10.2 Å². The fourth-order valence-corrected chi connectivity index (χ4v) is 4.32. The number of esters is 1. The maximum atomic E-state index is 13.6. The Hall–Kier alpha value is -1.99. The molecule has 1 heterocycles. The molecule has 1 saturated heterocycles. The molecule has 7 heteroatoms. The highest BCUT2D eigenvalue weighted by atomic mass is 19.1. The summed E-state index contributed by atoms with van der Waals surface area (Å²) in [5, 5.41) is 2.97. The van der Waals surface area contributed by atoms with Crippen molar-refractivity contribution in [2.75, 3.05) is 39.5 Å². The summed E-state index contributed by atoms with van der Waals surface area (Å²) in [7, 11) is 0. The van der Waals surface area contributed by atoms with Gasteiger partial charge in [-0.25, -0.2) is 4.39 Å². The van der Waals surface area contributed by atoms with E-state index in [0.29, 0.717) is 12.1 Å². The van der Waals surface area contributed by atoms with Crippen LogP contribution in [0.2, 0.25) is 0 Å².